The van der Waals surface area contributed by atoms with Gasteiger partial charge in [-0.2, -0.15) is 0 Å². The van der Waals surface area contributed by atoms with Crippen molar-refractivity contribution in [1.29, 1.82) is 0 Å². The highest BCUT2D eigenvalue weighted by molar-refractivity contribution is 6.05. The Hall–Kier alpha value is -2.63. The van der Waals surface area contributed by atoms with Crippen molar-refractivity contribution in [2.75, 3.05) is 0 Å². The Morgan fingerprint density at radius 1 is 1.04 bits per heavy atom. The number of ether oxygens (including phenoxy) is 1. The average molecular weight is 313 g/mol. The van der Waals surface area contributed by atoms with Crippen molar-refractivity contribution in [2.45, 2.75) is 13.0 Å². The highest BCUT2D eigenvalue weighted by Gasteiger charge is 2.61. The van der Waals surface area contributed by atoms with Crippen LogP contribution in [0.1, 0.15) is 12.0 Å². The Bertz CT molecular complexity index is 668. The Morgan fingerprint density at radius 2 is 1.65 bits per heavy atom. The number of nitrogens with zero attached hydrogens (tertiary/aromatic N) is 1. The van der Waals surface area contributed by atoms with Gasteiger partial charge in [-0.1, -0.05) is 47.5 Å². The standard InChI is InChI=1S/C17H15NO5/c19-15-13-11-6-7-12(8-11)14(13)16(20)18(15)23-17(21)22-9-10-4-2-1-3-5-10/h1-7,11-14H,8-9H2/t11-,12+,13-,14-/m0/s1. The summed E-state index contributed by atoms with van der Waals surface area (Å²) in [5, 5.41) is 0.592. The average Bonchev–Trinajstić information content (AvgIpc) is 3.24. The van der Waals surface area contributed by atoms with Crippen molar-refractivity contribution in [3.63, 3.8) is 0 Å². The van der Waals surface area contributed by atoms with E-state index < -0.39 is 18.0 Å². The molecule has 1 saturated heterocycles. The minimum atomic E-state index is -1.05. The first-order valence-electron chi connectivity index (χ1n) is 7.60. The van der Waals surface area contributed by atoms with Crippen LogP contribution >= 0.6 is 0 Å². The SMILES string of the molecule is O=C(OCc1ccccc1)ON1C(=O)[C@@H]2[C@@H](C1=O)[C@H]1C=C[C@@H]2C1. The molecule has 6 nitrogen and oxygen atoms in total. The second-order valence-corrected chi connectivity index (χ2v) is 6.09. The number of rotatable bonds is 3. The molecule has 2 amide bonds. The smallest absolute Gasteiger partial charge is 0.428 e. The molecule has 3 aliphatic rings. The van der Waals surface area contributed by atoms with Crippen molar-refractivity contribution in [3.05, 3.63) is 48.0 Å². The zero-order valence-corrected chi connectivity index (χ0v) is 12.3. The Kier molecular flexibility index (Phi) is 3.18. The monoisotopic (exact) mass is 313 g/mol. The number of hydroxylamine groups is 2. The van der Waals surface area contributed by atoms with Gasteiger partial charge in [0.2, 0.25) is 0 Å². The molecule has 1 aliphatic heterocycles. The summed E-state index contributed by atoms with van der Waals surface area (Å²) in [4.78, 5) is 41.3. The topological polar surface area (TPSA) is 72.9 Å². The molecule has 4 rings (SSSR count). The molecule has 6 heteroatoms. The van der Waals surface area contributed by atoms with E-state index in [9.17, 15) is 14.4 Å². The number of benzene rings is 1. The van der Waals surface area contributed by atoms with E-state index in [0.29, 0.717) is 5.06 Å². The maximum absolute atomic E-state index is 12.3. The summed E-state index contributed by atoms with van der Waals surface area (Å²) in [5.74, 6) is -1.49. The van der Waals surface area contributed by atoms with E-state index in [4.69, 9.17) is 9.57 Å². The quantitative estimate of drug-likeness (QED) is 0.485. The zero-order valence-electron chi connectivity index (χ0n) is 12.3. The fourth-order valence-electron chi connectivity index (χ4n) is 3.78. The molecule has 2 aliphatic carbocycles. The van der Waals surface area contributed by atoms with Crippen LogP contribution in [0, 0.1) is 23.7 Å². The molecular formula is C17H15NO5. The second kappa shape index (κ2) is 5.22. The summed E-state index contributed by atoms with van der Waals surface area (Å²) in [7, 11) is 0. The van der Waals surface area contributed by atoms with E-state index >= 15 is 0 Å². The van der Waals surface area contributed by atoms with Gasteiger partial charge >= 0.3 is 6.16 Å². The number of allylic oxidation sites excluding steroid dienone is 2. The maximum atomic E-state index is 12.3. The number of amides is 2. The van der Waals surface area contributed by atoms with Crippen LogP contribution in [-0.2, 0) is 25.8 Å². The van der Waals surface area contributed by atoms with E-state index in [1.807, 2.05) is 30.4 Å². The molecule has 1 heterocycles. The lowest BCUT2D eigenvalue weighted by molar-refractivity contribution is -0.180. The van der Waals surface area contributed by atoms with Gasteiger partial charge in [-0.15, -0.1) is 0 Å². The van der Waals surface area contributed by atoms with Gasteiger partial charge in [-0.05, 0) is 23.8 Å². The molecule has 0 aromatic heterocycles. The molecule has 2 fully saturated rings. The van der Waals surface area contributed by atoms with Gasteiger partial charge < -0.3 is 4.74 Å². The van der Waals surface area contributed by atoms with Gasteiger partial charge in [0.05, 0.1) is 11.8 Å². The van der Waals surface area contributed by atoms with Gasteiger partial charge in [-0.3, -0.25) is 14.4 Å². The number of hydrogen-bond donors (Lipinski definition) is 0. The van der Waals surface area contributed by atoms with Crippen LogP contribution in [0.5, 0.6) is 0 Å². The van der Waals surface area contributed by atoms with Gasteiger partial charge in [0, 0.05) is 0 Å². The molecule has 0 spiro atoms. The summed E-state index contributed by atoms with van der Waals surface area (Å²) in [6, 6.07) is 9.09. The second-order valence-electron chi connectivity index (χ2n) is 6.09. The normalized spacial score (nSPS) is 30.7. The van der Waals surface area contributed by atoms with Crippen LogP contribution in [0.2, 0.25) is 0 Å². The number of fused-ring (bicyclic) bond motifs is 5. The van der Waals surface area contributed by atoms with Crippen molar-refractivity contribution < 1.29 is 24.0 Å². The van der Waals surface area contributed by atoms with E-state index in [1.165, 1.54) is 0 Å². The minimum absolute atomic E-state index is 0.0234. The highest BCUT2D eigenvalue weighted by atomic mass is 16.8. The Balaban J connectivity index is 1.39. The van der Waals surface area contributed by atoms with Gasteiger partial charge in [0.15, 0.2) is 0 Å². The van der Waals surface area contributed by atoms with Crippen LogP contribution < -0.4 is 0 Å². The van der Waals surface area contributed by atoms with Crippen molar-refractivity contribution in [1.82, 2.24) is 5.06 Å². The molecule has 0 radical (unpaired) electrons. The minimum Gasteiger partial charge on any atom is -0.428 e. The van der Waals surface area contributed by atoms with Gasteiger partial charge in [-0.25, -0.2) is 4.79 Å². The largest absolute Gasteiger partial charge is 0.534 e. The first-order valence-corrected chi connectivity index (χ1v) is 7.60. The molecule has 2 bridgehead atoms. The first-order chi connectivity index (χ1) is 11.1. The lowest BCUT2D eigenvalue weighted by atomic mass is 9.85. The van der Waals surface area contributed by atoms with Crippen LogP contribution in [0.25, 0.3) is 0 Å². The van der Waals surface area contributed by atoms with Crippen molar-refractivity contribution in [3.8, 4) is 0 Å². The van der Waals surface area contributed by atoms with E-state index in [2.05, 4.69) is 0 Å². The fraction of sp³-hybridized carbons (Fsp3) is 0.353. The third-order valence-electron chi connectivity index (χ3n) is 4.80. The van der Waals surface area contributed by atoms with Crippen LogP contribution in [0.3, 0.4) is 0 Å². The third kappa shape index (κ3) is 2.21. The van der Waals surface area contributed by atoms with E-state index in [-0.39, 0.29) is 30.3 Å². The summed E-state index contributed by atoms with van der Waals surface area (Å²) < 4.78 is 4.96. The predicted octanol–water partition coefficient (Wildman–Crippen LogP) is 2.06. The maximum Gasteiger partial charge on any atom is 0.534 e. The lowest BCUT2D eigenvalue weighted by Gasteiger charge is -2.15. The lowest BCUT2D eigenvalue weighted by Crippen LogP contribution is -2.35. The molecular weight excluding hydrogens is 298 g/mol. The molecule has 0 N–H and O–H groups in total. The molecule has 1 saturated carbocycles. The fourth-order valence-corrected chi connectivity index (χ4v) is 3.78. The summed E-state index contributed by atoms with van der Waals surface area (Å²) in [5.41, 5.74) is 0.794. The molecule has 0 unspecified atom stereocenters. The summed E-state index contributed by atoms with van der Waals surface area (Å²) in [6.07, 6.45) is 3.75. The van der Waals surface area contributed by atoms with Crippen molar-refractivity contribution >= 4 is 18.0 Å². The van der Waals surface area contributed by atoms with Crippen molar-refractivity contribution in [2.24, 2.45) is 23.7 Å². The number of imide groups is 1. The predicted molar refractivity (Wildman–Crippen MR) is 77.3 cm³/mol. The Labute approximate surface area is 132 Å². The number of carbonyl (C=O) groups excluding carboxylic acids is 3. The summed E-state index contributed by atoms with van der Waals surface area (Å²) >= 11 is 0. The molecule has 1 aromatic carbocycles. The molecule has 118 valence electrons. The first kappa shape index (κ1) is 14.0. The molecule has 23 heavy (non-hydrogen) atoms. The zero-order chi connectivity index (χ0) is 16.0. The Morgan fingerprint density at radius 3 is 2.26 bits per heavy atom. The molecule has 4 atom stereocenters. The van der Waals surface area contributed by atoms with Gasteiger partial charge in [0.1, 0.15) is 6.61 Å². The number of carbonyl (C=O) groups is 3. The van der Waals surface area contributed by atoms with Crippen LogP contribution in [0.4, 0.5) is 4.79 Å². The highest BCUT2D eigenvalue weighted by Crippen LogP contribution is 2.52. The third-order valence-corrected chi connectivity index (χ3v) is 4.80. The van der Waals surface area contributed by atoms with Crippen LogP contribution in [0.15, 0.2) is 42.5 Å². The summed E-state index contributed by atoms with van der Waals surface area (Å²) in [6.45, 7) is 0.0234. The van der Waals surface area contributed by atoms with Gasteiger partial charge in [0.25, 0.3) is 11.8 Å². The van der Waals surface area contributed by atoms with Crippen LogP contribution in [-0.4, -0.2) is 23.0 Å². The number of hydrogen-bond acceptors (Lipinski definition) is 5. The molecule has 1 aromatic rings. The van der Waals surface area contributed by atoms with E-state index in [0.717, 1.165) is 12.0 Å². The van der Waals surface area contributed by atoms with E-state index in [1.54, 1.807) is 12.1 Å².